The summed E-state index contributed by atoms with van der Waals surface area (Å²) < 4.78 is 5.01. The number of likely N-dealkylation sites (tertiary alicyclic amines) is 3. The summed E-state index contributed by atoms with van der Waals surface area (Å²) >= 11 is 1.15. The minimum atomic E-state index is -0.706. The quantitative estimate of drug-likeness (QED) is 0.233. The molecule has 1 aromatic rings. The number of nitrogens with one attached hydrogen (secondary N) is 1. The predicted octanol–water partition coefficient (Wildman–Crippen LogP) is 0.889. The highest BCUT2D eigenvalue weighted by molar-refractivity contribution is 7.94. The average molecular weight is 499 g/mol. The number of nitrogens with two attached hydrogens (primary N) is 1. The monoisotopic (exact) mass is 498 g/mol. The van der Waals surface area contributed by atoms with Gasteiger partial charge in [0.15, 0.2) is 0 Å². The molecular weight excluding hydrogens is 468 g/mol. The third-order valence-corrected chi connectivity index (χ3v) is 8.90. The average Bonchev–Trinajstić information content (AvgIpc) is 3.18. The van der Waals surface area contributed by atoms with Crippen LogP contribution in [-0.2, 0) is 25.3 Å². The Morgan fingerprint density at radius 1 is 1.34 bits per heavy atom. The Kier molecular flexibility index (Phi) is 5.99. The van der Waals surface area contributed by atoms with Crippen LogP contribution in [0.2, 0.25) is 0 Å². The molecule has 1 unspecified atom stereocenters. The molecule has 3 heterocycles. The molecule has 0 radical (unpaired) electrons. The lowest BCUT2D eigenvalue weighted by molar-refractivity contribution is -0.237. The molecule has 6 rings (SSSR count). The molecule has 3 saturated heterocycles. The number of rotatable bonds is 8. The summed E-state index contributed by atoms with van der Waals surface area (Å²) in [6.45, 7) is 1.10. The van der Waals surface area contributed by atoms with Crippen molar-refractivity contribution in [2.75, 3.05) is 20.1 Å². The van der Waals surface area contributed by atoms with Crippen molar-refractivity contribution in [2.45, 2.75) is 73.3 Å². The zero-order valence-electron chi connectivity index (χ0n) is 19.6. The molecule has 3 aliphatic heterocycles. The third-order valence-electron chi connectivity index (χ3n) is 8.31. The number of piperazine rings is 1. The van der Waals surface area contributed by atoms with Gasteiger partial charge in [0.1, 0.15) is 6.04 Å². The molecule has 1 aromatic carbocycles. The summed E-state index contributed by atoms with van der Waals surface area (Å²) in [5, 5.41) is 9.42. The molecule has 35 heavy (non-hydrogen) atoms. The van der Waals surface area contributed by atoms with Crippen molar-refractivity contribution < 1.29 is 18.9 Å². The van der Waals surface area contributed by atoms with Gasteiger partial charge in [-0.1, -0.05) is 6.07 Å². The van der Waals surface area contributed by atoms with E-state index in [0.717, 1.165) is 55.6 Å². The summed E-state index contributed by atoms with van der Waals surface area (Å²) in [6, 6.07) is 7.59. The molecule has 186 valence electrons. The highest BCUT2D eigenvalue weighted by Crippen LogP contribution is 2.48. The Hall–Kier alpha value is -2.20. The third kappa shape index (κ3) is 3.93. The Morgan fingerprint density at radius 2 is 2.20 bits per heavy atom. The number of nitriles is 1. The van der Waals surface area contributed by atoms with Crippen molar-refractivity contribution in [3.8, 4) is 6.07 Å². The number of piperidine rings is 1. The lowest BCUT2D eigenvalue weighted by Crippen LogP contribution is -2.57. The predicted molar refractivity (Wildman–Crippen MR) is 126 cm³/mol. The van der Waals surface area contributed by atoms with E-state index >= 15 is 0 Å². The molecule has 2 amide bonds. The van der Waals surface area contributed by atoms with Crippen molar-refractivity contribution >= 4 is 23.9 Å². The van der Waals surface area contributed by atoms with E-state index in [2.05, 4.69) is 33.5 Å². The summed E-state index contributed by atoms with van der Waals surface area (Å²) in [5.41, 5.74) is 11.2. The number of aryl methyl sites for hydroxylation is 1. The fourth-order valence-corrected chi connectivity index (χ4v) is 7.21. The van der Waals surface area contributed by atoms with Gasteiger partial charge in [-0.05, 0) is 61.3 Å². The van der Waals surface area contributed by atoms with Crippen LogP contribution in [0.3, 0.4) is 0 Å². The first-order valence-corrected chi connectivity index (χ1v) is 13.1. The smallest absolute Gasteiger partial charge is 0.242 e. The second-order valence-electron chi connectivity index (χ2n) is 10.3. The Morgan fingerprint density at radius 3 is 2.97 bits per heavy atom. The molecule has 7 atom stereocenters. The molecule has 4 fully saturated rings. The molecule has 0 aromatic heterocycles. The largest absolute Gasteiger partial charge is 0.330 e. The van der Waals surface area contributed by atoms with Crippen LogP contribution < -0.4 is 11.2 Å². The van der Waals surface area contributed by atoms with E-state index in [9.17, 15) is 14.9 Å². The number of hydroxylamine groups is 1. The van der Waals surface area contributed by atoms with Crippen molar-refractivity contribution in [2.24, 2.45) is 11.7 Å². The molecule has 2 aliphatic carbocycles. The van der Waals surface area contributed by atoms with E-state index in [-0.39, 0.29) is 42.0 Å². The number of hydrogen-bond donors (Lipinski definition) is 2. The topological polar surface area (TPSA) is 124 Å². The SMILES string of the molecule is CNOOSc1ccc2c(c1)CC[C@@H]2N1C(=O)[C@H]2C[C@@H]1CN2C[C@H](N)C(=O)N1C2C[C@H]2C[C@H]1C#N. The number of benzene rings is 1. The lowest BCUT2D eigenvalue weighted by Gasteiger charge is -2.38. The molecule has 3 N–H and O–H groups in total. The fourth-order valence-electron chi connectivity index (χ4n) is 6.71. The second-order valence-corrected chi connectivity index (χ2v) is 11.0. The van der Waals surface area contributed by atoms with Crippen molar-refractivity contribution in [1.82, 2.24) is 20.2 Å². The number of fused-ring (bicyclic) bond motifs is 4. The van der Waals surface area contributed by atoms with Gasteiger partial charge in [-0.3, -0.25) is 14.5 Å². The second kappa shape index (κ2) is 9.03. The molecule has 0 spiro atoms. The van der Waals surface area contributed by atoms with Gasteiger partial charge >= 0.3 is 0 Å². The molecule has 11 heteroatoms. The number of hydrogen-bond acceptors (Lipinski definition) is 9. The van der Waals surface area contributed by atoms with Crippen LogP contribution in [-0.4, -0.2) is 76.9 Å². The first kappa shape index (κ1) is 23.2. The van der Waals surface area contributed by atoms with Gasteiger partial charge in [0.25, 0.3) is 0 Å². The molecule has 2 bridgehead atoms. The van der Waals surface area contributed by atoms with Gasteiger partial charge in [0.05, 0.1) is 36.2 Å². The molecule has 5 aliphatic rings. The van der Waals surface area contributed by atoms with Gasteiger partial charge < -0.3 is 15.5 Å². The Bertz CT molecular complexity index is 1080. The maximum absolute atomic E-state index is 13.4. The van der Waals surface area contributed by atoms with E-state index in [1.807, 2.05) is 6.07 Å². The van der Waals surface area contributed by atoms with Gasteiger partial charge in [-0.25, -0.2) is 0 Å². The first-order valence-electron chi connectivity index (χ1n) is 12.3. The summed E-state index contributed by atoms with van der Waals surface area (Å²) in [5.74, 6) is 0.462. The Balaban J connectivity index is 1.09. The summed E-state index contributed by atoms with van der Waals surface area (Å²) in [4.78, 5) is 38.0. The zero-order chi connectivity index (χ0) is 24.3. The van der Waals surface area contributed by atoms with E-state index in [4.69, 9.17) is 15.1 Å². The number of carbonyl (C=O) groups is 2. The van der Waals surface area contributed by atoms with Crippen LogP contribution in [0.5, 0.6) is 0 Å². The Labute approximate surface area is 208 Å². The molecule has 10 nitrogen and oxygen atoms in total. The van der Waals surface area contributed by atoms with E-state index in [1.165, 1.54) is 11.1 Å². The number of amides is 2. The maximum atomic E-state index is 13.4. The highest BCUT2D eigenvalue weighted by Gasteiger charge is 2.56. The van der Waals surface area contributed by atoms with Crippen LogP contribution in [0.15, 0.2) is 23.1 Å². The lowest BCUT2D eigenvalue weighted by atomic mass is 10.1. The first-order chi connectivity index (χ1) is 17.0. The van der Waals surface area contributed by atoms with Crippen LogP contribution >= 0.6 is 12.0 Å². The van der Waals surface area contributed by atoms with Gasteiger partial charge in [-0.2, -0.15) is 10.7 Å². The van der Waals surface area contributed by atoms with E-state index in [1.54, 1.807) is 11.9 Å². The minimum absolute atomic E-state index is 0.0891. The van der Waals surface area contributed by atoms with Crippen LogP contribution in [0.25, 0.3) is 0 Å². The van der Waals surface area contributed by atoms with Gasteiger partial charge in [-0.15, -0.1) is 9.32 Å². The number of nitrogens with zero attached hydrogens (tertiary/aromatic N) is 4. The maximum Gasteiger partial charge on any atom is 0.242 e. The summed E-state index contributed by atoms with van der Waals surface area (Å²) in [7, 11) is 1.63. The molecule has 1 saturated carbocycles. The van der Waals surface area contributed by atoms with Crippen molar-refractivity contribution in [3.63, 3.8) is 0 Å². The van der Waals surface area contributed by atoms with Gasteiger partial charge in [0, 0.05) is 37.1 Å². The van der Waals surface area contributed by atoms with E-state index < -0.39 is 6.04 Å². The van der Waals surface area contributed by atoms with Crippen LogP contribution in [0, 0.1) is 17.2 Å². The minimum Gasteiger partial charge on any atom is -0.330 e. The fraction of sp³-hybridized carbons (Fsp3) is 0.625. The van der Waals surface area contributed by atoms with Crippen LogP contribution in [0.4, 0.5) is 0 Å². The highest BCUT2D eigenvalue weighted by atomic mass is 32.2. The standard InChI is InChI=1S/C24H30N6O4S/c1-27-33-34-35-17-3-4-18-13(7-17)2-5-20(18)30-16-9-22(24(30)32)28(11-16)12-19(26)23(31)29-15(10-25)6-14-8-21(14)29/h3-4,7,14-16,19-22,27H,2,5-6,8-9,11-12,26H2,1H3/t14-,15+,16-,19+,20+,21?,22-/m1/s1. The number of carbonyl (C=O) groups excluding carboxylic acids is 2. The van der Waals surface area contributed by atoms with Gasteiger partial charge in [0.2, 0.25) is 11.8 Å². The molecular formula is C24H30N6O4S. The van der Waals surface area contributed by atoms with Crippen molar-refractivity contribution in [3.05, 3.63) is 29.3 Å². The van der Waals surface area contributed by atoms with E-state index in [0.29, 0.717) is 12.5 Å². The zero-order valence-corrected chi connectivity index (χ0v) is 20.4. The summed E-state index contributed by atoms with van der Waals surface area (Å²) in [6.07, 6.45) is 4.37. The van der Waals surface area contributed by atoms with Crippen LogP contribution in [0.1, 0.15) is 42.9 Å². The normalized spacial score (nSPS) is 33.7. The van der Waals surface area contributed by atoms with Crippen molar-refractivity contribution in [1.29, 1.82) is 5.26 Å².